The van der Waals surface area contributed by atoms with Crippen LogP contribution < -0.4 is 5.32 Å². The van der Waals surface area contributed by atoms with Crippen LogP contribution in [0.1, 0.15) is 22.1 Å². The van der Waals surface area contributed by atoms with Gasteiger partial charge in [0.1, 0.15) is 5.25 Å². The number of thioether (sulfide) groups is 1. The fraction of sp³-hybridized carbons (Fsp3) is 0.158. The zero-order valence-corrected chi connectivity index (χ0v) is 16.8. The summed E-state index contributed by atoms with van der Waals surface area (Å²) >= 11 is 8.28. The van der Waals surface area contributed by atoms with Gasteiger partial charge in [0.2, 0.25) is 5.91 Å². The van der Waals surface area contributed by atoms with E-state index in [1.54, 1.807) is 30.3 Å². The van der Waals surface area contributed by atoms with Crippen LogP contribution in [0.3, 0.4) is 0 Å². The molecule has 0 saturated carbocycles. The fourth-order valence-corrected chi connectivity index (χ4v) is 4.65. The number of hydrogen-bond acceptors (Lipinski definition) is 4. The number of benzene rings is 2. The minimum absolute atomic E-state index is 0.0578. The second-order valence-electron chi connectivity index (χ2n) is 5.84. The second-order valence-corrected chi connectivity index (χ2v) is 8.49. The predicted octanol–water partition coefficient (Wildman–Crippen LogP) is 6.60. The van der Waals surface area contributed by atoms with Gasteiger partial charge in [-0.1, -0.05) is 53.7 Å². The van der Waals surface area contributed by atoms with Gasteiger partial charge in [-0.15, -0.1) is 11.3 Å². The summed E-state index contributed by atoms with van der Waals surface area (Å²) in [5.74, 6) is -0.572. The second kappa shape index (κ2) is 8.55. The zero-order valence-electron chi connectivity index (χ0n) is 14.5. The molecular weight excluding hydrogens is 429 g/mol. The molecule has 0 spiro atoms. The van der Waals surface area contributed by atoms with Crippen molar-refractivity contribution in [2.75, 3.05) is 5.32 Å². The van der Waals surface area contributed by atoms with Crippen LogP contribution >= 0.6 is 34.7 Å². The molecule has 3 nitrogen and oxygen atoms in total. The normalized spacial score (nSPS) is 12.6. The van der Waals surface area contributed by atoms with E-state index in [4.69, 9.17) is 11.6 Å². The summed E-state index contributed by atoms with van der Waals surface area (Å²) < 4.78 is 40.6. The number of nitrogens with zero attached hydrogens (tertiary/aromatic N) is 1. The highest BCUT2D eigenvalue weighted by molar-refractivity contribution is 8.01. The van der Waals surface area contributed by atoms with Crippen molar-refractivity contribution in [3.8, 4) is 0 Å². The summed E-state index contributed by atoms with van der Waals surface area (Å²) in [5, 5.41) is 3.44. The van der Waals surface area contributed by atoms with Crippen LogP contribution in [-0.4, -0.2) is 10.9 Å². The van der Waals surface area contributed by atoms with Crippen LogP contribution in [0.5, 0.6) is 0 Å². The highest BCUT2D eigenvalue weighted by Gasteiger charge is 2.35. The molecule has 0 radical (unpaired) electrons. The Morgan fingerprint density at radius 3 is 2.54 bits per heavy atom. The predicted molar refractivity (Wildman–Crippen MR) is 107 cm³/mol. The van der Waals surface area contributed by atoms with Gasteiger partial charge in [-0.3, -0.25) is 4.79 Å². The molecule has 1 heterocycles. The highest BCUT2D eigenvalue weighted by atomic mass is 35.5. The lowest BCUT2D eigenvalue weighted by Crippen LogP contribution is -2.21. The minimum atomic E-state index is -4.64. The molecule has 2 aromatic carbocycles. The van der Waals surface area contributed by atoms with Crippen molar-refractivity contribution in [2.45, 2.75) is 22.7 Å². The molecule has 0 bridgehead atoms. The molecule has 0 unspecified atom stereocenters. The first-order valence-corrected chi connectivity index (χ1v) is 10.2. The van der Waals surface area contributed by atoms with Gasteiger partial charge < -0.3 is 5.32 Å². The minimum Gasteiger partial charge on any atom is -0.324 e. The Labute approximate surface area is 172 Å². The van der Waals surface area contributed by atoms with E-state index < -0.39 is 22.9 Å². The van der Waals surface area contributed by atoms with E-state index in [2.05, 4.69) is 10.3 Å². The van der Waals surface area contributed by atoms with Crippen molar-refractivity contribution in [1.82, 2.24) is 4.98 Å². The third-order valence-corrected chi connectivity index (χ3v) is 6.28. The van der Waals surface area contributed by atoms with Crippen LogP contribution in [-0.2, 0) is 11.0 Å². The van der Waals surface area contributed by atoms with Gasteiger partial charge in [-0.05, 0) is 30.7 Å². The van der Waals surface area contributed by atoms with Gasteiger partial charge in [0.15, 0.2) is 4.34 Å². The Kier molecular flexibility index (Phi) is 6.32. The average molecular weight is 443 g/mol. The fourth-order valence-electron chi connectivity index (χ4n) is 2.45. The van der Waals surface area contributed by atoms with E-state index in [9.17, 15) is 18.0 Å². The molecule has 146 valence electrons. The number of carbonyl (C=O) groups is 1. The maximum Gasteiger partial charge on any atom is 0.418 e. The Morgan fingerprint density at radius 1 is 1.21 bits per heavy atom. The molecule has 1 aromatic heterocycles. The van der Waals surface area contributed by atoms with Gasteiger partial charge in [0.05, 0.1) is 11.3 Å². The number of carbonyl (C=O) groups excluding carboxylic acids is 1. The summed E-state index contributed by atoms with van der Waals surface area (Å²) in [4.78, 5) is 17.3. The maximum absolute atomic E-state index is 13.3. The lowest BCUT2D eigenvalue weighted by atomic mass is 10.1. The van der Waals surface area contributed by atoms with Gasteiger partial charge in [0, 0.05) is 16.1 Å². The van der Waals surface area contributed by atoms with Gasteiger partial charge in [0.25, 0.3) is 0 Å². The molecular formula is C19H14ClF3N2OS2. The number of alkyl halides is 3. The highest BCUT2D eigenvalue weighted by Crippen LogP contribution is 2.40. The van der Waals surface area contributed by atoms with Crippen LogP contribution in [0.4, 0.5) is 18.9 Å². The molecule has 28 heavy (non-hydrogen) atoms. The van der Waals surface area contributed by atoms with E-state index in [1.165, 1.54) is 29.2 Å². The number of halogens is 4. The lowest BCUT2D eigenvalue weighted by Gasteiger charge is -2.18. The molecule has 0 aliphatic heterocycles. The van der Waals surface area contributed by atoms with E-state index >= 15 is 0 Å². The largest absolute Gasteiger partial charge is 0.418 e. The summed E-state index contributed by atoms with van der Waals surface area (Å²) in [6, 6.07) is 12.1. The van der Waals surface area contributed by atoms with Crippen LogP contribution in [0.2, 0.25) is 5.02 Å². The monoisotopic (exact) mass is 442 g/mol. The molecule has 3 aromatic rings. The van der Waals surface area contributed by atoms with E-state index in [1.807, 2.05) is 12.3 Å². The first kappa shape index (κ1) is 20.7. The maximum atomic E-state index is 13.3. The zero-order chi connectivity index (χ0) is 20.3. The van der Waals surface area contributed by atoms with Crippen molar-refractivity contribution < 1.29 is 18.0 Å². The molecule has 0 saturated heterocycles. The molecule has 0 aliphatic carbocycles. The average Bonchev–Trinajstić information content (AvgIpc) is 3.06. The van der Waals surface area contributed by atoms with Crippen molar-refractivity contribution in [2.24, 2.45) is 0 Å². The first-order chi connectivity index (χ1) is 13.2. The summed E-state index contributed by atoms with van der Waals surface area (Å²) in [7, 11) is 0. The van der Waals surface area contributed by atoms with E-state index in [-0.39, 0.29) is 10.7 Å². The van der Waals surface area contributed by atoms with Crippen molar-refractivity contribution in [3.63, 3.8) is 0 Å². The third kappa shape index (κ3) is 5.06. The van der Waals surface area contributed by atoms with E-state index in [0.717, 1.165) is 17.8 Å². The van der Waals surface area contributed by atoms with Crippen molar-refractivity contribution in [3.05, 3.63) is 75.8 Å². The van der Waals surface area contributed by atoms with E-state index in [0.29, 0.717) is 9.90 Å². The molecule has 1 N–H and O–H groups in total. The van der Waals surface area contributed by atoms with Gasteiger partial charge in [-0.25, -0.2) is 4.98 Å². The van der Waals surface area contributed by atoms with Crippen LogP contribution in [0, 0.1) is 6.92 Å². The standard InChI is InChI=1S/C19H14ClF3N2OS2/c1-11-10-27-18(24-11)28-16(12-5-3-2-4-6-12)17(26)25-15-8-7-13(20)9-14(15)19(21,22)23/h2-10,16H,1H3,(H,25,26)/t16-/m0/s1. The Hall–Kier alpha value is -2.03. The molecule has 9 heteroatoms. The number of aryl methyl sites for hydroxylation is 1. The molecule has 1 atom stereocenters. The summed E-state index contributed by atoms with van der Waals surface area (Å²) in [6.07, 6.45) is -4.64. The first-order valence-electron chi connectivity index (χ1n) is 8.05. The van der Waals surface area contributed by atoms with Gasteiger partial charge >= 0.3 is 6.18 Å². The topological polar surface area (TPSA) is 42.0 Å². The lowest BCUT2D eigenvalue weighted by molar-refractivity contribution is -0.137. The molecule has 3 rings (SSSR count). The quantitative estimate of drug-likeness (QED) is 0.453. The molecule has 0 fully saturated rings. The number of rotatable bonds is 5. The van der Waals surface area contributed by atoms with Crippen LogP contribution in [0.15, 0.2) is 58.3 Å². The molecule has 1 amide bonds. The number of thiazole rings is 1. The third-order valence-electron chi connectivity index (χ3n) is 3.70. The Balaban J connectivity index is 1.92. The number of anilines is 1. The number of amides is 1. The summed E-state index contributed by atoms with van der Waals surface area (Å²) in [5.41, 5.74) is 0.158. The Morgan fingerprint density at radius 2 is 1.93 bits per heavy atom. The van der Waals surface area contributed by atoms with Crippen molar-refractivity contribution >= 4 is 46.3 Å². The van der Waals surface area contributed by atoms with Crippen molar-refractivity contribution in [1.29, 1.82) is 0 Å². The van der Waals surface area contributed by atoms with Crippen LogP contribution in [0.25, 0.3) is 0 Å². The molecule has 0 aliphatic rings. The number of aromatic nitrogens is 1. The smallest absolute Gasteiger partial charge is 0.324 e. The summed E-state index contributed by atoms with van der Waals surface area (Å²) in [6.45, 7) is 1.83. The number of hydrogen-bond donors (Lipinski definition) is 1. The van der Waals surface area contributed by atoms with Gasteiger partial charge in [-0.2, -0.15) is 13.2 Å². The number of nitrogens with one attached hydrogen (secondary N) is 1. The SMILES string of the molecule is Cc1csc(S[C@H](C(=O)Nc2ccc(Cl)cc2C(F)(F)F)c2ccccc2)n1. The Bertz CT molecular complexity index is 977.